The van der Waals surface area contributed by atoms with Gasteiger partial charge in [-0.1, -0.05) is 30.1 Å². The van der Waals surface area contributed by atoms with Crippen molar-refractivity contribution in [2.75, 3.05) is 23.3 Å². The molecule has 1 saturated heterocycles. The highest BCUT2D eigenvalue weighted by Gasteiger charge is 2.30. The lowest BCUT2D eigenvalue weighted by molar-refractivity contribution is 0.100. The van der Waals surface area contributed by atoms with E-state index in [2.05, 4.69) is 30.7 Å². The van der Waals surface area contributed by atoms with Gasteiger partial charge in [0.1, 0.15) is 5.82 Å². The van der Waals surface area contributed by atoms with Crippen LogP contribution in [0.5, 0.6) is 0 Å². The van der Waals surface area contributed by atoms with Gasteiger partial charge in [-0.05, 0) is 49.9 Å². The van der Waals surface area contributed by atoms with Gasteiger partial charge in [0.15, 0.2) is 5.76 Å². The number of carbonyl (C=O) groups excluding carboxylic acids is 1. The number of amides is 1. The maximum absolute atomic E-state index is 11.6. The summed E-state index contributed by atoms with van der Waals surface area (Å²) in [6.45, 7) is 3.66. The fourth-order valence-electron chi connectivity index (χ4n) is 5.71. The third-order valence-corrected chi connectivity index (χ3v) is 7.74. The first-order chi connectivity index (χ1) is 19.5. The Bertz CT molecular complexity index is 1450. The standard InChI is InChI=1S/C29H34N8O3/c1-18-33-28(36-40-18)21-11-12-26(31-15-21)37-13-5-8-22(17-37)34-23-9-2-3-10-24(23)35-29-32-16-25(39-29)19-6-4-7-20(14-19)27(30)38/h4,6-7,11-12,14-16,22-24,34H,2-3,5,8-10,13,17H2,1H3,(H2,30,38)(H,32,35)/t22-,23+,24+/m0/s1. The zero-order valence-electron chi connectivity index (χ0n) is 22.5. The Kier molecular flexibility index (Phi) is 7.45. The Hall–Kier alpha value is -4.25. The summed E-state index contributed by atoms with van der Waals surface area (Å²) in [7, 11) is 0. The van der Waals surface area contributed by atoms with Gasteiger partial charge in [0, 0.05) is 61.0 Å². The van der Waals surface area contributed by atoms with Crippen molar-refractivity contribution in [2.45, 2.75) is 63.6 Å². The highest BCUT2D eigenvalue weighted by molar-refractivity contribution is 5.93. The average molecular weight is 543 g/mol. The van der Waals surface area contributed by atoms with Gasteiger partial charge in [-0.25, -0.2) is 9.97 Å². The van der Waals surface area contributed by atoms with E-state index in [4.69, 9.17) is 19.7 Å². The number of oxazole rings is 1. The second kappa shape index (κ2) is 11.5. The number of hydrogen-bond donors (Lipinski definition) is 3. The number of carbonyl (C=O) groups is 1. The third kappa shape index (κ3) is 5.84. The molecule has 1 saturated carbocycles. The molecule has 1 aromatic carbocycles. The quantitative estimate of drug-likeness (QED) is 0.296. The number of nitrogens with zero attached hydrogens (tertiary/aromatic N) is 5. The van der Waals surface area contributed by atoms with Crippen molar-refractivity contribution in [3.63, 3.8) is 0 Å². The number of primary amides is 1. The van der Waals surface area contributed by atoms with Crippen LogP contribution in [0, 0.1) is 6.92 Å². The third-order valence-electron chi connectivity index (χ3n) is 7.74. The van der Waals surface area contributed by atoms with Crippen LogP contribution in [-0.4, -0.2) is 57.2 Å². The molecule has 0 radical (unpaired) electrons. The van der Waals surface area contributed by atoms with Crippen molar-refractivity contribution in [1.82, 2.24) is 25.4 Å². The van der Waals surface area contributed by atoms with Crippen molar-refractivity contribution >= 4 is 17.7 Å². The molecular formula is C29H34N8O3. The second-order valence-corrected chi connectivity index (χ2v) is 10.6. The SMILES string of the molecule is Cc1nc(-c2ccc(N3CCC[C@H](N[C@@H]4CCCC[C@H]4Nc4ncc(-c5cccc(C(N)=O)c5)o4)C3)nc2)no1. The molecule has 3 aromatic heterocycles. The molecule has 11 heteroatoms. The fraction of sp³-hybridized carbons (Fsp3) is 0.414. The molecule has 1 aliphatic heterocycles. The predicted octanol–water partition coefficient (Wildman–Crippen LogP) is 4.18. The maximum Gasteiger partial charge on any atom is 0.295 e. The lowest BCUT2D eigenvalue weighted by Gasteiger charge is -2.39. The maximum atomic E-state index is 11.6. The minimum Gasteiger partial charge on any atom is -0.424 e. The van der Waals surface area contributed by atoms with Gasteiger partial charge in [0.05, 0.1) is 6.20 Å². The highest BCUT2D eigenvalue weighted by Crippen LogP contribution is 2.28. The van der Waals surface area contributed by atoms with E-state index in [0.717, 1.165) is 62.1 Å². The van der Waals surface area contributed by atoms with Crippen LogP contribution in [0.3, 0.4) is 0 Å². The molecule has 1 aliphatic carbocycles. The topological polar surface area (TPSA) is 148 Å². The molecule has 11 nitrogen and oxygen atoms in total. The number of aryl methyl sites for hydroxylation is 1. The summed E-state index contributed by atoms with van der Waals surface area (Å²) in [6, 6.07) is 12.5. The Labute approximate surface area is 232 Å². The molecule has 0 bridgehead atoms. The normalized spacial score (nSPS) is 21.3. The Balaban J connectivity index is 1.08. The molecule has 4 aromatic rings. The molecule has 208 valence electrons. The number of aromatic nitrogens is 4. The molecule has 6 rings (SSSR count). The highest BCUT2D eigenvalue weighted by atomic mass is 16.5. The number of nitrogens with two attached hydrogens (primary N) is 1. The number of piperidine rings is 1. The molecule has 1 amide bonds. The molecule has 3 atom stereocenters. The summed E-state index contributed by atoms with van der Waals surface area (Å²) in [6.07, 6.45) is 10.2. The summed E-state index contributed by atoms with van der Waals surface area (Å²) >= 11 is 0. The Morgan fingerprint density at radius 3 is 2.67 bits per heavy atom. The van der Waals surface area contributed by atoms with Crippen LogP contribution in [0.2, 0.25) is 0 Å². The lowest BCUT2D eigenvalue weighted by atomic mass is 9.89. The van der Waals surface area contributed by atoms with Gasteiger partial charge >= 0.3 is 0 Å². The zero-order chi connectivity index (χ0) is 27.5. The lowest BCUT2D eigenvalue weighted by Crippen LogP contribution is -2.55. The first-order valence-electron chi connectivity index (χ1n) is 13.9. The number of hydrogen-bond acceptors (Lipinski definition) is 10. The van der Waals surface area contributed by atoms with Crippen molar-refractivity contribution in [3.8, 4) is 22.7 Å². The van der Waals surface area contributed by atoms with Crippen LogP contribution >= 0.6 is 0 Å². The van der Waals surface area contributed by atoms with Gasteiger partial charge < -0.3 is 30.2 Å². The molecule has 2 fully saturated rings. The summed E-state index contributed by atoms with van der Waals surface area (Å²) in [5, 5.41) is 11.5. The van der Waals surface area contributed by atoms with Crippen molar-refractivity contribution in [3.05, 3.63) is 60.2 Å². The van der Waals surface area contributed by atoms with Gasteiger partial charge in [-0.15, -0.1) is 0 Å². The van der Waals surface area contributed by atoms with Crippen LogP contribution in [-0.2, 0) is 0 Å². The van der Waals surface area contributed by atoms with Crippen LogP contribution in [0.25, 0.3) is 22.7 Å². The van der Waals surface area contributed by atoms with Crippen LogP contribution in [0.4, 0.5) is 11.8 Å². The molecule has 0 unspecified atom stereocenters. The van der Waals surface area contributed by atoms with Crippen LogP contribution in [0.15, 0.2) is 57.7 Å². The fourth-order valence-corrected chi connectivity index (χ4v) is 5.71. The van der Waals surface area contributed by atoms with Gasteiger partial charge in [-0.2, -0.15) is 4.98 Å². The van der Waals surface area contributed by atoms with Crippen molar-refractivity contribution in [2.24, 2.45) is 5.73 Å². The Morgan fingerprint density at radius 1 is 1.02 bits per heavy atom. The number of nitrogens with one attached hydrogen (secondary N) is 2. The van der Waals surface area contributed by atoms with E-state index < -0.39 is 5.91 Å². The Morgan fingerprint density at radius 2 is 1.90 bits per heavy atom. The largest absolute Gasteiger partial charge is 0.424 e. The molecular weight excluding hydrogens is 508 g/mol. The van der Waals surface area contributed by atoms with Gasteiger partial charge in [0.2, 0.25) is 17.6 Å². The van der Waals surface area contributed by atoms with E-state index in [1.54, 1.807) is 31.3 Å². The minimum absolute atomic E-state index is 0.211. The molecule has 2 aliphatic rings. The number of pyridine rings is 1. The average Bonchev–Trinajstić information content (AvgIpc) is 3.64. The summed E-state index contributed by atoms with van der Waals surface area (Å²) < 4.78 is 11.1. The van der Waals surface area contributed by atoms with Crippen molar-refractivity contribution in [1.29, 1.82) is 0 Å². The predicted molar refractivity (Wildman–Crippen MR) is 151 cm³/mol. The summed E-state index contributed by atoms with van der Waals surface area (Å²) in [5.41, 5.74) is 7.49. The van der Waals surface area contributed by atoms with Gasteiger partial charge in [-0.3, -0.25) is 4.79 Å². The van der Waals surface area contributed by atoms with Crippen LogP contribution < -0.4 is 21.3 Å². The molecule has 4 N–H and O–H groups in total. The van der Waals surface area contributed by atoms with E-state index >= 15 is 0 Å². The number of anilines is 2. The minimum atomic E-state index is -0.469. The van der Waals surface area contributed by atoms with E-state index in [-0.39, 0.29) is 6.04 Å². The number of rotatable bonds is 8. The first-order valence-corrected chi connectivity index (χ1v) is 13.9. The molecule has 40 heavy (non-hydrogen) atoms. The zero-order valence-corrected chi connectivity index (χ0v) is 22.5. The second-order valence-electron chi connectivity index (χ2n) is 10.6. The molecule has 4 heterocycles. The monoisotopic (exact) mass is 542 g/mol. The van der Waals surface area contributed by atoms with E-state index in [1.807, 2.05) is 24.4 Å². The summed E-state index contributed by atoms with van der Waals surface area (Å²) in [4.78, 5) is 27.4. The molecule has 0 spiro atoms. The summed E-state index contributed by atoms with van der Waals surface area (Å²) in [5.74, 6) is 2.19. The van der Waals surface area contributed by atoms with Crippen LogP contribution in [0.1, 0.15) is 54.8 Å². The van der Waals surface area contributed by atoms with E-state index in [1.165, 1.54) is 6.42 Å². The smallest absolute Gasteiger partial charge is 0.295 e. The number of benzene rings is 1. The van der Waals surface area contributed by atoms with E-state index in [0.29, 0.717) is 41.1 Å². The van der Waals surface area contributed by atoms with E-state index in [9.17, 15) is 4.79 Å². The first kappa shape index (κ1) is 26.0. The van der Waals surface area contributed by atoms with Gasteiger partial charge in [0.25, 0.3) is 6.01 Å². The van der Waals surface area contributed by atoms with Crippen molar-refractivity contribution < 1.29 is 13.7 Å².